The molecule has 1 aromatic rings. The van der Waals surface area contributed by atoms with Gasteiger partial charge < -0.3 is 15.1 Å². The van der Waals surface area contributed by atoms with Gasteiger partial charge in [0.25, 0.3) is 0 Å². The van der Waals surface area contributed by atoms with Crippen molar-refractivity contribution >= 4 is 17.5 Å². The molecule has 1 aliphatic rings. The summed E-state index contributed by atoms with van der Waals surface area (Å²) in [5.41, 5.74) is 1.03. The lowest BCUT2D eigenvalue weighted by molar-refractivity contribution is -0.137. The van der Waals surface area contributed by atoms with Crippen molar-refractivity contribution in [3.05, 3.63) is 30.3 Å². The van der Waals surface area contributed by atoms with E-state index in [1.165, 1.54) is 0 Å². The molecular weight excluding hydrogens is 242 g/mol. The van der Waals surface area contributed by atoms with Gasteiger partial charge in [0.05, 0.1) is 13.1 Å². The molecule has 0 radical (unpaired) electrons. The van der Waals surface area contributed by atoms with E-state index in [0.29, 0.717) is 19.6 Å². The average molecular weight is 261 g/mol. The summed E-state index contributed by atoms with van der Waals surface area (Å²) in [5, 5.41) is 2.72. The smallest absolute Gasteiger partial charge is 0.242 e. The number of para-hydroxylation sites is 1. The number of amides is 2. The Balaban J connectivity index is 1.98. The van der Waals surface area contributed by atoms with E-state index >= 15 is 0 Å². The normalized spacial score (nSPS) is 15.0. The summed E-state index contributed by atoms with van der Waals surface area (Å²) in [4.78, 5) is 27.1. The van der Waals surface area contributed by atoms with E-state index in [1.54, 1.807) is 4.90 Å². The Hall–Kier alpha value is -2.04. The van der Waals surface area contributed by atoms with Crippen molar-refractivity contribution in [3.8, 4) is 0 Å². The number of piperazine rings is 1. The SMILES string of the molecule is CCN(CC(=O)N1CCNC(=O)C1)c1ccccc1. The second-order valence-electron chi connectivity index (χ2n) is 4.51. The molecule has 0 bridgehead atoms. The summed E-state index contributed by atoms with van der Waals surface area (Å²) in [6.45, 7) is 4.40. The molecule has 102 valence electrons. The van der Waals surface area contributed by atoms with Crippen LogP contribution in [-0.4, -0.2) is 49.4 Å². The molecule has 1 saturated heterocycles. The molecule has 5 heteroatoms. The van der Waals surface area contributed by atoms with E-state index in [1.807, 2.05) is 42.2 Å². The number of carbonyl (C=O) groups is 2. The Kier molecular flexibility index (Phi) is 4.39. The van der Waals surface area contributed by atoms with Crippen LogP contribution in [-0.2, 0) is 9.59 Å². The number of carbonyl (C=O) groups excluding carboxylic acids is 2. The lowest BCUT2D eigenvalue weighted by Gasteiger charge is -2.30. The highest BCUT2D eigenvalue weighted by Crippen LogP contribution is 2.13. The van der Waals surface area contributed by atoms with Crippen LogP contribution in [0.2, 0.25) is 0 Å². The molecule has 0 aliphatic carbocycles. The fourth-order valence-electron chi connectivity index (χ4n) is 2.14. The first kappa shape index (κ1) is 13.4. The summed E-state index contributed by atoms with van der Waals surface area (Å²) in [5.74, 6) is -0.0806. The first-order valence-electron chi connectivity index (χ1n) is 6.55. The minimum atomic E-state index is -0.0811. The van der Waals surface area contributed by atoms with Crippen molar-refractivity contribution in [1.82, 2.24) is 10.2 Å². The quantitative estimate of drug-likeness (QED) is 0.857. The molecule has 0 spiro atoms. The predicted octanol–water partition coefficient (Wildman–Crippen LogP) is 0.471. The molecule has 1 N–H and O–H groups in total. The molecule has 1 aliphatic heterocycles. The molecule has 0 unspecified atom stereocenters. The Morgan fingerprint density at radius 3 is 2.74 bits per heavy atom. The van der Waals surface area contributed by atoms with Crippen molar-refractivity contribution < 1.29 is 9.59 Å². The van der Waals surface area contributed by atoms with Crippen molar-refractivity contribution in [1.29, 1.82) is 0 Å². The summed E-state index contributed by atoms with van der Waals surface area (Å²) in [6.07, 6.45) is 0. The van der Waals surface area contributed by atoms with Crippen molar-refractivity contribution in [2.45, 2.75) is 6.92 Å². The maximum Gasteiger partial charge on any atom is 0.242 e. The zero-order valence-corrected chi connectivity index (χ0v) is 11.1. The molecule has 19 heavy (non-hydrogen) atoms. The van der Waals surface area contributed by atoms with Gasteiger partial charge >= 0.3 is 0 Å². The van der Waals surface area contributed by atoms with Crippen LogP contribution < -0.4 is 10.2 Å². The first-order chi connectivity index (χ1) is 9.20. The third-order valence-corrected chi connectivity index (χ3v) is 3.22. The summed E-state index contributed by atoms with van der Waals surface area (Å²) >= 11 is 0. The van der Waals surface area contributed by atoms with E-state index in [2.05, 4.69) is 5.32 Å². The number of nitrogens with one attached hydrogen (secondary N) is 1. The van der Waals surface area contributed by atoms with Crippen LogP contribution in [0.3, 0.4) is 0 Å². The molecule has 2 rings (SSSR count). The number of nitrogens with zero attached hydrogens (tertiary/aromatic N) is 2. The van der Waals surface area contributed by atoms with Crippen LogP contribution in [0.4, 0.5) is 5.69 Å². The summed E-state index contributed by atoms with van der Waals surface area (Å²) in [6, 6.07) is 9.83. The number of anilines is 1. The Morgan fingerprint density at radius 1 is 1.37 bits per heavy atom. The maximum absolute atomic E-state index is 12.2. The fraction of sp³-hybridized carbons (Fsp3) is 0.429. The van der Waals surface area contributed by atoms with Gasteiger partial charge in [-0.15, -0.1) is 0 Å². The van der Waals surface area contributed by atoms with Gasteiger partial charge in [-0.1, -0.05) is 18.2 Å². The monoisotopic (exact) mass is 261 g/mol. The highest BCUT2D eigenvalue weighted by atomic mass is 16.2. The lowest BCUT2D eigenvalue weighted by atomic mass is 10.2. The van der Waals surface area contributed by atoms with E-state index in [-0.39, 0.29) is 18.4 Å². The molecule has 1 fully saturated rings. The molecular formula is C14H19N3O2. The van der Waals surface area contributed by atoms with Crippen molar-refractivity contribution in [2.24, 2.45) is 0 Å². The largest absolute Gasteiger partial charge is 0.362 e. The zero-order chi connectivity index (χ0) is 13.7. The van der Waals surface area contributed by atoms with E-state index < -0.39 is 0 Å². The van der Waals surface area contributed by atoms with Gasteiger partial charge in [-0.2, -0.15) is 0 Å². The molecule has 0 atom stereocenters. The van der Waals surface area contributed by atoms with Gasteiger partial charge in [0, 0.05) is 25.3 Å². The summed E-state index contributed by atoms with van der Waals surface area (Å²) in [7, 11) is 0. The van der Waals surface area contributed by atoms with Gasteiger partial charge in [-0.25, -0.2) is 0 Å². The fourth-order valence-corrected chi connectivity index (χ4v) is 2.14. The standard InChI is InChI=1S/C14H19N3O2/c1-2-16(12-6-4-3-5-7-12)11-14(19)17-9-8-15-13(18)10-17/h3-7H,2,8-11H2,1H3,(H,15,18). The van der Waals surface area contributed by atoms with E-state index in [4.69, 9.17) is 0 Å². The number of likely N-dealkylation sites (N-methyl/N-ethyl adjacent to an activating group) is 1. The molecule has 0 saturated carbocycles. The Bertz CT molecular complexity index is 447. The molecule has 2 amide bonds. The van der Waals surface area contributed by atoms with Crippen LogP contribution in [0.15, 0.2) is 30.3 Å². The van der Waals surface area contributed by atoms with Crippen LogP contribution in [0.1, 0.15) is 6.92 Å². The van der Waals surface area contributed by atoms with Crippen LogP contribution in [0, 0.1) is 0 Å². The highest BCUT2D eigenvalue weighted by molar-refractivity contribution is 5.88. The Morgan fingerprint density at radius 2 is 2.11 bits per heavy atom. The highest BCUT2D eigenvalue weighted by Gasteiger charge is 2.22. The number of hydrogen-bond acceptors (Lipinski definition) is 3. The molecule has 0 aromatic heterocycles. The van der Waals surface area contributed by atoms with Crippen LogP contribution >= 0.6 is 0 Å². The van der Waals surface area contributed by atoms with Crippen LogP contribution in [0.25, 0.3) is 0 Å². The van der Waals surface area contributed by atoms with E-state index in [9.17, 15) is 9.59 Å². The minimum Gasteiger partial charge on any atom is -0.362 e. The molecule has 1 aromatic carbocycles. The van der Waals surface area contributed by atoms with Gasteiger partial charge in [0.2, 0.25) is 11.8 Å². The second-order valence-corrected chi connectivity index (χ2v) is 4.51. The van der Waals surface area contributed by atoms with Crippen molar-refractivity contribution in [3.63, 3.8) is 0 Å². The third kappa shape index (κ3) is 3.47. The lowest BCUT2D eigenvalue weighted by Crippen LogP contribution is -2.52. The topological polar surface area (TPSA) is 52.7 Å². The number of rotatable bonds is 4. The zero-order valence-electron chi connectivity index (χ0n) is 11.1. The minimum absolute atomic E-state index is 0.000512. The maximum atomic E-state index is 12.2. The summed E-state index contributed by atoms with van der Waals surface area (Å²) < 4.78 is 0. The number of benzene rings is 1. The first-order valence-corrected chi connectivity index (χ1v) is 6.55. The van der Waals surface area contributed by atoms with Gasteiger partial charge in [0.15, 0.2) is 0 Å². The second kappa shape index (κ2) is 6.22. The molecule has 1 heterocycles. The van der Waals surface area contributed by atoms with Gasteiger partial charge in [0.1, 0.15) is 0 Å². The third-order valence-electron chi connectivity index (χ3n) is 3.22. The average Bonchev–Trinajstić information content (AvgIpc) is 2.45. The van der Waals surface area contributed by atoms with Gasteiger partial charge in [-0.3, -0.25) is 9.59 Å². The predicted molar refractivity (Wildman–Crippen MR) is 73.9 cm³/mol. The number of hydrogen-bond donors (Lipinski definition) is 1. The van der Waals surface area contributed by atoms with Crippen molar-refractivity contribution in [2.75, 3.05) is 37.6 Å². The molecule has 5 nitrogen and oxygen atoms in total. The van der Waals surface area contributed by atoms with Gasteiger partial charge in [-0.05, 0) is 19.1 Å². The van der Waals surface area contributed by atoms with E-state index in [0.717, 1.165) is 12.2 Å². The van der Waals surface area contributed by atoms with Crippen LogP contribution in [0.5, 0.6) is 0 Å². The Labute approximate surface area is 113 Å².